The number of nitrogens with zero attached hydrogens (tertiary/aromatic N) is 1. The number of carbonyl (C=O) groups is 1. The van der Waals surface area contributed by atoms with E-state index in [-0.39, 0.29) is 11.7 Å². The smallest absolute Gasteiger partial charge is 0.186 e. The van der Waals surface area contributed by atoms with E-state index in [1.165, 1.54) is 0 Å². The van der Waals surface area contributed by atoms with Crippen molar-refractivity contribution in [3.05, 3.63) is 16.1 Å². The first kappa shape index (κ1) is 9.80. The highest BCUT2D eigenvalue weighted by molar-refractivity contribution is 7.09. The van der Waals surface area contributed by atoms with Gasteiger partial charge >= 0.3 is 0 Å². The molecule has 0 aromatic carbocycles. The molecule has 1 aliphatic rings. The fraction of sp³-hybridized carbons (Fsp3) is 0.600. The number of Topliss-reactive ketones (excluding diaryl/α,β-unsaturated/α-hetero) is 1. The molecule has 2 unspecified atom stereocenters. The van der Waals surface area contributed by atoms with Crippen LogP contribution in [0.15, 0.2) is 5.38 Å². The van der Waals surface area contributed by atoms with E-state index in [0.717, 1.165) is 18.0 Å². The molecule has 14 heavy (non-hydrogen) atoms. The van der Waals surface area contributed by atoms with Crippen molar-refractivity contribution in [3.8, 4) is 0 Å². The minimum atomic E-state index is 0.122. The van der Waals surface area contributed by atoms with Crippen LogP contribution in [0.3, 0.4) is 0 Å². The largest absolute Gasteiger partial charge is 0.313 e. The lowest BCUT2D eigenvalue weighted by molar-refractivity contribution is 0.0909. The van der Waals surface area contributed by atoms with Crippen LogP contribution >= 0.6 is 11.3 Å². The van der Waals surface area contributed by atoms with Crippen molar-refractivity contribution in [1.29, 1.82) is 0 Å². The van der Waals surface area contributed by atoms with E-state index in [9.17, 15) is 4.79 Å². The van der Waals surface area contributed by atoms with Gasteiger partial charge in [-0.3, -0.25) is 4.79 Å². The Morgan fingerprint density at radius 3 is 3.00 bits per heavy atom. The molecule has 0 aliphatic carbocycles. The summed E-state index contributed by atoms with van der Waals surface area (Å²) in [5, 5.41) is 6.11. The standard InChI is InChI=1S/C10H14N2OS/c1-6-8(3-4-11-6)10(13)9-5-14-7(2)12-9/h5-6,8,11H,3-4H2,1-2H3. The van der Waals surface area contributed by atoms with Crippen LogP contribution in [-0.4, -0.2) is 23.4 Å². The summed E-state index contributed by atoms with van der Waals surface area (Å²) in [5.74, 6) is 0.323. The molecule has 76 valence electrons. The van der Waals surface area contributed by atoms with Gasteiger partial charge in [0.15, 0.2) is 5.78 Å². The van der Waals surface area contributed by atoms with E-state index in [0.29, 0.717) is 11.7 Å². The van der Waals surface area contributed by atoms with Gasteiger partial charge in [-0.25, -0.2) is 4.98 Å². The summed E-state index contributed by atoms with van der Waals surface area (Å²) >= 11 is 1.54. The predicted molar refractivity (Wildman–Crippen MR) is 56.8 cm³/mol. The Kier molecular flexibility index (Phi) is 2.65. The van der Waals surface area contributed by atoms with Crippen LogP contribution in [0.25, 0.3) is 0 Å². The zero-order valence-corrected chi connectivity index (χ0v) is 9.23. The van der Waals surface area contributed by atoms with Crippen molar-refractivity contribution in [2.75, 3.05) is 6.54 Å². The maximum absolute atomic E-state index is 12.0. The summed E-state index contributed by atoms with van der Waals surface area (Å²) in [6.45, 7) is 4.94. The number of nitrogens with one attached hydrogen (secondary N) is 1. The Morgan fingerprint density at radius 2 is 2.50 bits per heavy atom. The number of aryl methyl sites for hydroxylation is 1. The molecule has 0 amide bonds. The van der Waals surface area contributed by atoms with Crippen molar-refractivity contribution >= 4 is 17.1 Å². The third-order valence-electron chi connectivity index (χ3n) is 2.73. The number of rotatable bonds is 2. The first-order valence-corrected chi connectivity index (χ1v) is 5.76. The lowest BCUT2D eigenvalue weighted by Crippen LogP contribution is -2.28. The van der Waals surface area contributed by atoms with E-state index >= 15 is 0 Å². The Bertz CT molecular complexity index is 348. The van der Waals surface area contributed by atoms with Crippen molar-refractivity contribution in [1.82, 2.24) is 10.3 Å². The summed E-state index contributed by atoms with van der Waals surface area (Å²) in [5.41, 5.74) is 0.646. The first-order chi connectivity index (χ1) is 6.68. The summed E-state index contributed by atoms with van der Waals surface area (Å²) in [6.07, 6.45) is 0.941. The van der Waals surface area contributed by atoms with Crippen LogP contribution in [-0.2, 0) is 0 Å². The third-order valence-corrected chi connectivity index (χ3v) is 3.51. The van der Waals surface area contributed by atoms with Gasteiger partial charge in [-0.05, 0) is 26.8 Å². The molecule has 2 heterocycles. The number of hydrogen-bond acceptors (Lipinski definition) is 4. The first-order valence-electron chi connectivity index (χ1n) is 4.88. The molecular formula is C10H14N2OS. The minimum absolute atomic E-state index is 0.122. The van der Waals surface area contributed by atoms with Gasteiger partial charge in [-0.1, -0.05) is 0 Å². The summed E-state index contributed by atoms with van der Waals surface area (Å²) < 4.78 is 0. The van der Waals surface area contributed by atoms with Crippen LogP contribution in [0.5, 0.6) is 0 Å². The second-order valence-corrected chi connectivity index (χ2v) is 4.82. The van der Waals surface area contributed by atoms with E-state index in [1.54, 1.807) is 11.3 Å². The number of carbonyl (C=O) groups excluding carboxylic acids is 1. The highest BCUT2D eigenvalue weighted by Crippen LogP contribution is 2.21. The van der Waals surface area contributed by atoms with E-state index in [4.69, 9.17) is 0 Å². The highest BCUT2D eigenvalue weighted by atomic mass is 32.1. The van der Waals surface area contributed by atoms with E-state index in [1.807, 2.05) is 12.3 Å². The monoisotopic (exact) mass is 210 g/mol. The molecule has 0 saturated carbocycles. The lowest BCUT2D eigenvalue weighted by atomic mass is 9.95. The summed E-state index contributed by atoms with van der Waals surface area (Å²) in [4.78, 5) is 16.2. The van der Waals surface area contributed by atoms with Crippen molar-refractivity contribution < 1.29 is 4.79 Å². The minimum Gasteiger partial charge on any atom is -0.313 e. The molecule has 3 nitrogen and oxygen atoms in total. The van der Waals surface area contributed by atoms with Crippen LogP contribution in [0, 0.1) is 12.8 Å². The van der Waals surface area contributed by atoms with E-state index in [2.05, 4.69) is 17.2 Å². The van der Waals surface area contributed by atoms with Gasteiger partial charge in [-0.2, -0.15) is 0 Å². The van der Waals surface area contributed by atoms with E-state index < -0.39 is 0 Å². The third kappa shape index (κ3) is 1.72. The zero-order chi connectivity index (χ0) is 10.1. The van der Waals surface area contributed by atoms with Gasteiger partial charge in [0.2, 0.25) is 0 Å². The second kappa shape index (κ2) is 3.79. The van der Waals surface area contributed by atoms with Gasteiger partial charge in [0.05, 0.1) is 5.01 Å². The number of aromatic nitrogens is 1. The van der Waals surface area contributed by atoms with Gasteiger partial charge in [-0.15, -0.1) is 11.3 Å². The highest BCUT2D eigenvalue weighted by Gasteiger charge is 2.30. The molecule has 1 aromatic heterocycles. The van der Waals surface area contributed by atoms with Gasteiger partial charge in [0.1, 0.15) is 5.69 Å². The molecule has 1 aromatic rings. The molecule has 1 N–H and O–H groups in total. The molecule has 1 aliphatic heterocycles. The quantitative estimate of drug-likeness (QED) is 0.754. The Labute approximate surface area is 87.6 Å². The summed E-state index contributed by atoms with van der Waals surface area (Å²) in [7, 11) is 0. The second-order valence-electron chi connectivity index (χ2n) is 3.75. The fourth-order valence-electron chi connectivity index (χ4n) is 1.88. The normalized spacial score (nSPS) is 26.7. The molecular weight excluding hydrogens is 196 g/mol. The molecule has 0 spiro atoms. The molecule has 1 fully saturated rings. The van der Waals surface area contributed by atoms with Crippen molar-refractivity contribution in [3.63, 3.8) is 0 Å². The average Bonchev–Trinajstić information content (AvgIpc) is 2.73. The van der Waals surface area contributed by atoms with Crippen LogP contribution in [0.4, 0.5) is 0 Å². The molecule has 1 saturated heterocycles. The molecule has 0 bridgehead atoms. The van der Waals surface area contributed by atoms with Gasteiger partial charge in [0.25, 0.3) is 0 Å². The summed E-state index contributed by atoms with van der Waals surface area (Å²) in [6, 6.07) is 0.296. The molecule has 4 heteroatoms. The maximum atomic E-state index is 12.0. The molecule has 2 atom stereocenters. The van der Waals surface area contributed by atoms with Gasteiger partial charge in [0, 0.05) is 17.3 Å². The fourth-order valence-corrected chi connectivity index (χ4v) is 2.49. The van der Waals surface area contributed by atoms with Crippen LogP contribution in [0.2, 0.25) is 0 Å². The maximum Gasteiger partial charge on any atom is 0.186 e. The van der Waals surface area contributed by atoms with Crippen LogP contribution in [0.1, 0.15) is 28.8 Å². The number of thiazole rings is 1. The Morgan fingerprint density at radius 1 is 1.71 bits per heavy atom. The van der Waals surface area contributed by atoms with Crippen molar-refractivity contribution in [2.24, 2.45) is 5.92 Å². The number of ketones is 1. The topological polar surface area (TPSA) is 42.0 Å². The Hall–Kier alpha value is -0.740. The zero-order valence-electron chi connectivity index (χ0n) is 8.41. The van der Waals surface area contributed by atoms with Crippen LogP contribution < -0.4 is 5.32 Å². The average molecular weight is 210 g/mol. The molecule has 0 radical (unpaired) electrons. The molecule has 2 rings (SSSR count). The van der Waals surface area contributed by atoms with Crippen molar-refractivity contribution in [2.45, 2.75) is 26.3 Å². The predicted octanol–water partition coefficient (Wildman–Crippen LogP) is 1.63. The van der Waals surface area contributed by atoms with Gasteiger partial charge < -0.3 is 5.32 Å². The SMILES string of the molecule is Cc1nc(C(=O)C2CCNC2C)cs1. The Balaban J connectivity index is 2.15. The lowest BCUT2D eigenvalue weighted by Gasteiger charge is -2.11. The number of hydrogen-bond donors (Lipinski definition) is 1.